The second-order valence-electron chi connectivity index (χ2n) is 5.83. The summed E-state index contributed by atoms with van der Waals surface area (Å²) < 4.78 is 7.18. The summed E-state index contributed by atoms with van der Waals surface area (Å²) in [7, 11) is 1.58. The van der Waals surface area contributed by atoms with E-state index in [2.05, 4.69) is 10.3 Å². The Morgan fingerprint density at radius 2 is 1.81 bits per heavy atom. The molecule has 26 heavy (non-hydrogen) atoms. The minimum Gasteiger partial charge on any atom is -0.495 e. The minimum absolute atomic E-state index is 0.207. The van der Waals surface area contributed by atoms with Gasteiger partial charge in [0.05, 0.1) is 18.5 Å². The van der Waals surface area contributed by atoms with Gasteiger partial charge in [0.1, 0.15) is 11.4 Å². The Morgan fingerprint density at radius 3 is 2.62 bits per heavy atom. The number of aromatic nitrogens is 2. The van der Waals surface area contributed by atoms with Gasteiger partial charge in [0.25, 0.3) is 5.91 Å². The fraction of sp³-hybridized carbons (Fsp3) is 0.0476. The van der Waals surface area contributed by atoms with E-state index in [0.29, 0.717) is 17.0 Å². The fourth-order valence-corrected chi connectivity index (χ4v) is 2.81. The molecule has 0 atom stereocenters. The highest BCUT2D eigenvalue weighted by Gasteiger charge is 2.11. The lowest BCUT2D eigenvalue weighted by atomic mass is 10.2. The van der Waals surface area contributed by atoms with Crippen molar-refractivity contribution in [3.8, 4) is 17.0 Å². The molecule has 128 valence electrons. The third-order valence-electron chi connectivity index (χ3n) is 4.15. The van der Waals surface area contributed by atoms with Crippen LogP contribution in [0.4, 0.5) is 5.69 Å². The number of imidazole rings is 1. The highest BCUT2D eigenvalue weighted by Crippen LogP contribution is 2.24. The van der Waals surface area contributed by atoms with Gasteiger partial charge < -0.3 is 14.5 Å². The molecule has 4 aromatic rings. The van der Waals surface area contributed by atoms with E-state index in [1.807, 2.05) is 59.3 Å². The van der Waals surface area contributed by atoms with Crippen molar-refractivity contribution in [3.63, 3.8) is 0 Å². The zero-order chi connectivity index (χ0) is 17.9. The van der Waals surface area contributed by atoms with E-state index in [1.54, 1.807) is 31.4 Å². The van der Waals surface area contributed by atoms with E-state index in [4.69, 9.17) is 4.74 Å². The lowest BCUT2D eigenvalue weighted by Crippen LogP contribution is -2.12. The maximum Gasteiger partial charge on any atom is 0.255 e. The molecule has 0 unspecified atom stereocenters. The van der Waals surface area contributed by atoms with Crippen LogP contribution in [0, 0.1) is 0 Å². The fourth-order valence-electron chi connectivity index (χ4n) is 2.81. The highest BCUT2D eigenvalue weighted by atomic mass is 16.5. The topological polar surface area (TPSA) is 55.6 Å². The maximum absolute atomic E-state index is 12.6. The molecule has 4 rings (SSSR count). The van der Waals surface area contributed by atoms with E-state index < -0.39 is 0 Å². The lowest BCUT2D eigenvalue weighted by Gasteiger charge is -2.09. The summed E-state index contributed by atoms with van der Waals surface area (Å²) in [5.74, 6) is 0.412. The monoisotopic (exact) mass is 343 g/mol. The molecule has 5 heteroatoms. The minimum atomic E-state index is -0.207. The van der Waals surface area contributed by atoms with Crippen molar-refractivity contribution in [1.82, 2.24) is 9.38 Å². The van der Waals surface area contributed by atoms with Crippen molar-refractivity contribution < 1.29 is 9.53 Å². The third-order valence-corrected chi connectivity index (χ3v) is 4.15. The van der Waals surface area contributed by atoms with Crippen molar-refractivity contribution in [2.75, 3.05) is 12.4 Å². The molecule has 0 aliphatic carbocycles. The normalized spacial score (nSPS) is 10.7. The van der Waals surface area contributed by atoms with Gasteiger partial charge in [-0.25, -0.2) is 4.98 Å². The first-order chi connectivity index (χ1) is 12.7. The van der Waals surface area contributed by atoms with Gasteiger partial charge in [-0.2, -0.15) is 0 Å². The van der Waals surface area contributed by atoms with E-state index in [1.165, 1.54) is 0 Å². The number of carbonyl (C=O) groups is 1. The average Bonchev–Trinajstić information content (AvgIpc) is 3.12. The number of carbonyl (C=O) groups excluding carboxylic acids is 1. The number of ether oxygens (including phenoxy) is 1. The van der Waals surface area contributed by atoms with Crippen molar-refractivity contribution >= 4 is 17.2 Å². The molecule has 0 aliphatic heterocycles. The zero-order valence-corrected chi connectivity index (χ0v) is 14.2. The van der Waals surface area contributed by atoms with Crippen LogP contribution < -0.4 is 10.1 Å². The number of hydrogen-bond acceptors (Lipinski definition) is 3. The molecule has 5 nitrogen and oxygen atoms in total. The first kappa shape index (κ1) is 15.9. The number of fused-ring (bicyclic) bond motifs is 1. The smallest absolute Gasteiger partial charge is 0.255 e. The molecule has 0 spiro atoms. The summed E-state index contributed by atoms with van der Waals surface area (Å²) in [6.07, 6.45) is 3.79. The van der Waals surface area contributed by atoms with Gasteiger partial charge in [-0.15, -0.1) is 0 Å². The molecule has 1 amide bonds. The first-order valence-corrected chi connectivity index (χ1v) is 8.23. The largest absolute Gasteiger partial charge is 0.495 e. The Labute approximate surface area is 150 Å². The van der Waals surface area contributed by atoms with Crippen LogP contribution in [-0.4, -0.2) is 22.4 Å². The Hall–Kier alpha value is -3.60. The van der Waals surface area contributed by atoms with Crippen LogP contribution in [-0.2, 0) is 0 Å². The van der Waals surface area contributed by atoms with E-state index >= 15 is 0 Å². The summed E-state index contributed by atoms with van der Waals surface area (Å²) in [6.45, 7) is 0. The molecular weight excluding hydrogens is 326 g/mol. The number of para-hydroxylation sites is 2. The van der Waals surface area contributed by atoms with Gasteiger partial charge in [0, 0.05) is 23.5 Å². The summed E-state index contributed by atoms with van der Waals surface area (Å²) >= 11 is 0. The molecule has 2 aromatic heterocycles. The summed E-state index contributed by atoms with van der Waals surface area (Å²) in [5.41, 5.74) is 3.79. The van der Waals surface area contributed by atoms with Crippen LogP contribution in [0.2, 0.25) is 0 Å². The number of nitrogens with one attached hydrogen (secondary N) is 1. The van der Waals surface area contributed by atoms with Crippen molar-refractivity contribution in [3.05, 3.63) is 84.7 Å². The molecule has 0 saturated heterocycles. The van der Waals surface area contributed by atoms with Gasteiger partial charge in [0.15, 0.2) is 0 Å². The summed E-state index contributed by atoms with van der Waals surface area (Å²) in [4.78, 5) is 17.2. The van der Waals surface area contributed by atoms with Crippen LogP contribution in [0.5, 0.6) is 5.75 Å². The Kier molecular flexibility index (Phi) is 4.11. The summed E-state index contributed by atoms with van der Waals surface area (Å²) in [5, 5.41) is 2.88. The van der Waals surface area contributed by atoms with Crippen molar-refractivity contribution in [2.24, 2.45) is 0 Å². The molecule has 0 fully saturated rings. The van der Waals surface area contributed by atoms with Gasteiger partial charge in [-0.05, 0) is 24.3 Å². The Bertz CT molecular complexity index is 1070. The number of amides is 1. The first-order valence-electron chi connectivity index (χ1n) is 8.23. The molecule has 0 aliphatic rings. The number of nitrogens with zero attached hydrogens (tertiary/aromatic N) is 2. The number of methoxy groups -OCH3 is 1. The third kappa shape index (κ3) is 3.02. The number of pyridine rings is 1. The van der Waals surface area contributed by atoms with Crippen molar-refractivity contribution in [2.45, 2.75) is 0 Å². The predicted molar refractivity (Wildman–Crippen MR) is 102 cm³/mol. The van der Waals surface area contributed by atoms with E-state index in [-0.39, 0.29) is 5.91 Å². The van der Waals surface area contributed by atoms with Crippen LogP contribution in [0.3, 0.4) is 0 Å². The van der Waals surface area contributed by atoms with Gasteiger partial charge in [-0.1, -0.05) is 42.5 Å². The molecule has 2 aromatic carbocycles. The second kappa shape index (κ2) is 6.72. The predicted octanol–water partition coefficient (Wildman–Crippen LogP) is 4.26. The number of hydrogen-bond donors (Lipinski definition) is 1. The number of anilines is 1. The molecule has 0 bridgehead atoms. The molecule has 2 heterocycles. The van der Waals surface area contributed by atoms with Crippen LogP contribution in [0.25, 0.3) is 16.9 Å². The number of rotatable bonds is 4. The van der Waals surface area contributed by atoms with Gasteiger partial charge in [-0.3, -0.25) is 4.79 Å². The van der Waals surface area contributed by atoms with Gasteiger partial charge in [0.2, 0.25) is 0 Å². The highest BCUT2D eigenvalue weighted by molar-refractivity contribution is 6.05. The Morgan fingerprint density at radius 1 is 1.04 bits per heavy atom. The SMILES string of the molecule is COc1ccccc1NC(=O)c1ccn2cc(-c3ccccc3)nc2c1. The number of benzene rings is 2. The zero-order valence-electron chi connectivity index (χ0n) is 14.2. The van der Waals surface area contributed by atoms with Crippen LogP contribution in [0.15, 0.2) is 79.1 Å². The lowest BCUT2D eigenvalue weighted by molar-refractivity contribution is 0.102. The Balaban J connectivity index is 1.64. The second-order valence-corrected chi connectivity index (χ2v) is 5.83. The molecule has 1 N–H and O–H groups in total. The summed E-state index contributed by atoms with van der Waals surface area (Å²) in [6, 6.07) is 20.8. The molecule has 0 radical (unpaired) electrons. The van der Waals surface area contributed by atoms with E-state index in [9.17, 15) is 4.79 Å². The quantitative estimate of drug-likeness (QED) is 0.602. The molecule has 0 saturated carbocycles. The average molecular weight is 343 g/mol. The maximum atomic E-state index is 12.6. The van der Waals surface area contributed by atoms with Crippen LogP contribution >= 0.6 is 0 Å². The standard InChI is InChI=1S/C21H17N3O2/c1-26-19-10-6-5-9-17(19)23-21(25)16-11-12-24-14-18(22-20(24)13-16)15-7-3-2-4-8-15/h2-14H,1H3,(H,23,25). The van der Waals surface area contributed by atoms with E-state index in [0.717, 1.165) is 16.9 Å². The molecular formula is C21H17N3O2. The van der Waals surface area contributed by atoms with Crippen LogP contribution in [0.1, 0.15) is 10.4 Å². The van der Waals surface area contributed by atoms with Crippen molar-refractivity contribution in [1.29, 1.82) is 0 Å². The van der Waals surface area contributed by atoms with Gasteiger partial charge >= 0.3 is 0 Å².